The Hall–Kier alpha value is -4.41. The van der Waals surface area contributed by atoms with E-state index in [9.17, 15) is 4.79 Å². The van der Waals surface area contributed by atoms with E-state index in [1.165, 1.54) is 0 Å². The van der Waals surface area contributed by atoms with Gasteiger partial charge in [0.05, 0.1) is 20.8 Å². The Kier molecular flexibility index (Phi) is 7.49. The van der Waals surface area contributed by atoms with Gasteiger partial charge in [-0.1, -0.05) is 54.6 Å². The number of ether oxygens (including phenoxy) is 3. The summed E-state index contributed by atoms with van der Waals surface area (Å²) in [4.78, 5) is 18.3. The zero-order valence-electron chi connectivity index (χ0n) is 22.0. The highest BCUT2D eigenvalue weighted by Crippen LogP contribution is 2.46. The minimum Gasteiger partial charge on any atom is -0.497 e. The van der Waals surface area contributed by atoms with Gasteiger partial charge in [0.1, 0.15) is 16.9 Å². The maximum absolute atomic E-state index is 15.5. The summed E-state index contributed by atoms with van der Waals surface area (Å²) in [7, 11) is -0.441. The van der Waals surface area contributed by atoms with Crippen LogP contribution < -0.4 is 25.5 Å². The van der Waals surface area contributed by atoms with Crippen LogP contribution in [0.4, 0.5) is 0 Å². The van der Waals surface area contributed by atoms with Crippen molar-refractivity contribution in [2.75, 3.05) is 20.8 Å². The number of benzene rings is 4. The molecule has 6 nitrogen and oxygen atoms in total. The fraction of sp³-hybridized carbons (Fsp3) is 0.125. The summed E-state index contributed by atoms with van der Waals surface area (Å²) in [5, 5.41) is 2.58. The van der Waals surface area contributed by atoms with E-state index in [1.54, 1.807) is 69.7 Å². The van der Waals surface area contributed by atoms with Gasteiger partial charge in [0.15, 0.2) is 12.8 Å². The average Bonchev–Trinajstić information content (AvgIpc) is 3.00. The number of methoxy groups -OCH3 is 2. The SMILES string of the molecule is CCOC(=O)c1nc(P(=O)(c2ccc(OC)cc2)c2ccc(OC)cc2)c2ccccc2c1-c1ccccc1. The first-order chi connectivity index (χ1) is 19.0. The standard InChI is InChI=1S/C32H28NO5P/c1-4-38-32(34)30-29(22-10-6-5-7-11-22)27-12-8-9-13-28(27)31(33-30)39(35,25-18-14-23(36-2)15-19-25)26-20-16-24(37-3)17-21-26/h5-21H,4H2,1-3H3. The first-order valence-electron chi connectivity index (χ1n) is 12.6. The van der Waals surface area contributed by atoms with Crippen LogP contribution >= 0.6 is 7.14 Å². The Bertz CT molecular complexity index is 1610. The molecule has 0 saturated heterocycles. The molecule has 7 heteroatoms. The molecule has 1 heterocycles. The van der Waals surface area contributed by atoms with Gasteiger partial charge in [-0.2, -0.15) is 0 Å². The summed E-state index contributed by atoms with van der Waals surface area (Å²) < 4.78 is 31.7. The van der Waals surface area contributed by atoms with E-state index >= 15 is 4.57 Å². The van der Waals surface area contributed by atoms with Crippen molar-refractivity contribution in [3.05, 3.63) is 109 Å². The molecule has 4 aromatic carbocycles. The normalized spacial score (nSPS) is 11.3. The molecule has 0 aliphatic rings. The van der Waals surface area contributed by atoms with Gasteiger partial charge in [0.2, 0.25) is 0 Å². The number of carbonyl (C=O) groups excluding carboxylic acids is 1. The Balaban J connectivity index is 1.90. The van der Waals surface area contributed by atoms with Gasteiger partial charge in [0.25, 0.3) is 0 Å². The number of hydrogen-bond acceptors (Lipinski definition) is 6. The predicted octanol–water partition coefficient (Wildman–Crippen LogP) is 5.74. The fourth-order valence-corrected chi connectivity index (χ4v) is 7.41. The quantitative estimate of drug-likeness (QED) is 0.186. The third kappa shape index (κ3) is 4.80. The lowest BCUT2D eigenvalue weighted by Gasteiger charge is -2.23. The highest BCUT2D eigenvalue weighted by Gasteiger charge is 2.36. The molecule has 0 aliphatic carbocycles. The van der Waals surface area contributed by atoms with Crippen molar-refractivity contribution in [1.82, 2.24) is 4.98 Å². The van der Waals surface area contributed by atoms with E-state index in [0.717, 1.165) is 10.9 Å². The molecule has 0 unspecified atom stereocenters. The summed E-state index contributed by atoms with van der Waals surface area (Å²) in [6.07, 6.45) is 0. The van der Waals surface area contributed by atoms with E-state index < -0.39 is 13.1 Å². The van der Waals surface area contributed by atoms with Crippen LogP contribution in [0.2, 0.25) is 0 Å². The number of pyridine rings is 1. The van der Waals surface area contributed by atoms with E-state index in [1.807, 2.05) is 54.6 Å². The minimum absolute atomic E-state index is 0.124. The Labute approximate surface area is 227 Å². The summed E-state index contributed by atoms with van der Waals surface area (Å²) in [6.45, 7) is 1.94. The molecule has 0 bridgehead atoms. The van der Waals surface area contributed by atoms with E-state index in [-0.39, 0.29) is 12.3 Å². The molecule has 0 radical (unpaired) electrons. The van der Waals surface area contributed by atoms with Crippen molar-refractivity contribution in [3.8, 4) is 22.6 Å². The zero-order chi connectivity index (χ0) is 27.4. The van der Waals surface area contributed by atoms with Gasteiger partial charge in [0, 0.05) is 21.6 Å². The van der Waals surface area contributed by atoms with Gasteiger partial charge >= 0.3 is 5.97 Å². The van der Waals surface area contributed by atoms with Crippen LogP contribution in [0.15, 0.2) is 103 Å². The van der Waals surface area contributed by atoms with Crippen LogP contribution in [0.1, 0.15) is 17.4 Å². The fourth-order valence-electron chi connectivity index (χ4n) is 4.71. The summed E-state index contributed by atoms with van der Waals surface area (Å²) in [6, 6.07) is 31.5. The first-order valence-corrected chi connectivity index (χ1v) is 14.3. The predicted molar refractivity (Wildman–Crippen MR) is 156 cm³/mol. The summed E-state index contributed by atoms with van der Waals surface area (Å²) in [5.74, 6) is 0.716. The molecule has 5 aromatic rings. The molecule has 1 aromatic heterocycles. The monoisotopic (exact) mass is 537 g/mol. The molecule has 0 fully saturated rings. The molecule has 5 rings (SSSR count). The maximum atomic E-state index is 15.5. The third-order valence-corrected chi connectivity index (χ3v) is 9.58. The molecule has 196 valence electrons. The molecular formula is C32H28NO5P. The molecule has 0 aliphatic heterocycles. The Morgan fingerprint density at radius 3 is 1.74 bits per heavy atom. The number of nitrogens with zero attached hydrogens (tertiary/aromatic N) is 1. The van der Waals surface area contributed by atoms with E-state index in [0.29, 0.717) is 38.5 Å². The largest absolute Gasteiger partial charge is 0.497 e. The lowest BCUT2D eigenvalue weighted by atomic mass is 9.97. The number of aromatic nitrogens is 1. The number of fused-ring (bicyclic) bond motifs is 1. The van der Waals surface area contributed by atoms with Crippen molar-refractivity contribution in [1.29, 1.82) is 0 Å². The number of carbonyl (C=O) groups is 1. The van der Waals surface area contributed by atoms with Crippen molar-refractivity contribution < 1.29 is 23.6 Å². The van der Waals surface area contributed by atoms with E-state index in [2.05, 4.69) is 0 Å². The zero-order valence-corrected chi connectivity index (χ0v) is 22.9. The van der Waals surface area contributed by atoms with Crippen molar-refractivity contribution >= 4 is 39.9 Å². The summed E-state index contributed by atoms with van der Waals surface area (Å²) >= 11 is 0. The molecular weight excluding hydrogens is 509 g/mol. The molecule has 39 heavy (non-hydrogen) atoms. The lowest BCUT2D eigenvalue weighted by molar-refractivity contribution is 0.0521. The van der Waals surface area contributed by atoms with Gasteiger partial charge in [-0.15, -0.1) is 0 Å². The molecule has 0 spiro atoms. The first kappa shape index (κ1) is 26.2. The molecule has 0 atom stereocenters. The van der Waals surface area contributed by atoms with Gasteiger partial charge in [-0.05, 0) is 66.4 Å². The lowest BCUT2D eigenvalue weighted by Crippen LogP contribution is -2.29. The van der Waals surface area contributed by atoms with Crippen LogP contribution in [0.3, 0.4) is 0 Å². The van der Waals surface area contributed by atoms with Crippen molar-refractivity contribution in [2.24, 2.45) is 0 Å². The smallest absolute Gasteiger partial charge is 0.357 e. The second kappa shape index (κ2) is 11.1. The van der Waals surface area contributed by atoms with Crippen LogP contribution in [0.5, 0.6) is 11.5 Å². The van der Waals surface area contributed by atoms with Crippen LogP contribution in [-0.4, -0.2) is 31.8 Å². The maximum Gasteiger partial charge on any atom is 0.357 e. The van der Waals surface area contributed by atoms with Crippen LogP contribution in [-0.2, 0) is 9.30 Å². The molecule has 0 amide bonds. The van der Waals surface area contributed by atoms with Gasteiger partial charge in [-0.25, -0.2) is 9.78 Å². The van der Waals surface area contributed by atoms with E-state index in [4.69, 9.17) is 19.2 Å². The molecule has 0 saturated carbocycles. The highest BCUT2D eigenvalue weighted by molar-refractivity contribution is 7.85. The second-order valence-electron chi connectivity index (χ2n) is 8.80. The number of hydrogen-bond donors (Lipinski definition) is 0. The van der Waals surface area contributed by atoms with Crippen LogP contribution in [0.25, 0.3) is 21.9 Å². The Morgan fingerprint density at radius 2 is 1.23 bits per heavy atom. The second-order valence-corrected chi connectivity index (χ2v) is 11.5. The highest BCUT2D eigenvalue weighted by atomic mass is 31.2. The van der Waals surface area contributed by atoms with Crippen molar-refractivity contribution in [2.45, 2.75) is 6.92 Å². The molecule has 0 N–H and O–H groups in total. The third-order valence-electron chi connectivity index (χ3n) is 6.59. The number of esters is 1. The van der Waals surface area contributed by atoms with Crippen molar-refractivity contribution in [3.63, 3.8) is 0 Å². The Morgan fingerprint density at radius 1 is 0.718 bits per heavy atom. The topological polar surface area (TPSA) is 74.7 Å². The van der Waals surface area contributed by atoms with Gasteiger partial charge in [-0.3, -0.25) is 0 Å². The van der Waals surface area contributed by atoms with Gasteiger partial charge < -0.3 is 18.8 Å². The average molecular weight is 538 g/mol. The van der Waals surface area contributed by atoms with Crippen LogP contribution in [0, 0.1) is 0 Å². The number of rotatable bonds is 8. The minimum atomic E-state index is -3.61. The summed E-state index contributed by atoms with van der Waals surface area (Å²) in [5.41, 5.74) is 1.90.